The zero-order chi connectivity index (χ0) is 19.7. The summed E-state index contributed by atoms with van der Waals surface area (Å²) in [5.74, 6) is 1.42. The SMILES string of the molecule is COc1cc2cc(C(=O)Nc3cccc(-c4nnn(C)n4)c3)[nH]c2cc1OC. The first kappa shape index (κ1) is 17.5. The Morgan fingerprint density at radius 3 is 2.61 bits per heavy atom. The van der Waals surface area contributed by atoms with E-state index in [4.69, 9.17) is 9.47 Å². The second-order valence-corrected chi connectivity index (χ2v) is 6.11. The predicted molar refractivity (Wildman–Crippen MR) is 104 cm³/mol. The van der Waals surface area contributed by atoms with Crippen molar-refractivity contribution in [2.75, 3.05) is 19.5 Å². The van der Waals surface area contributed by atoms with Crippen molar-refractivity contribution in [2.45, 2.75) is 0 Å². The van der Waals surface area contributed by atoms with Gasteiger partial charge in [-0.05, 0) is 29.5 Å². The van der Waals surface area contributed by atoms with Crippen molar-refractivity contribution in [1.29, 1.82) is 0 Å². The average molecular weight is 378 g/mol. The maximum absolute atomic E-state index is 12.7. The Balaban J connectivity index is 1.60. The molecule has 0 unspecified atom stereocenters. The van der Waals surface area contributed by atoms with Crippen LogP contribution in [0.3, 0.4) is 0 Å². The molecule has 9 nitrogen and oxygen atoms in total. The van der Waals surface area contributed by atoms with Crippen molar-refractivity contribution in [1.82, 2.24) is 25.2 Å². The van der Waals surface area contributed by atoms with Gasteiger partial charge in [-0.3, -0.25) is 4.79 Å². The van der Waals surface area contributed by atoms with Crippen molar-refractivity contribution < 1.29 is 14.3 Å². The summed E-state index contributed by atoms with van der Waals surface area (Å²) < 4.78 is 10.6. The van der Waals surface area contributed by atoms with Gasteiger partial charge in [0.1, 0.15) is 5.69 Å². The van der Waals surface area contributed by atoms with Gasteiger partial charge in [0.25, 0.3) is 5.91 Å². The molecule has 142 valence electrons. The number of hydrogen-bond donors (Lipinski definition) is 2. The number of tetrazole rings is 1. The van der Waals surface area contributed by atoms with Gasteiger partial charge in [-0.2, -0.15) is 4.80 Å². The number of fused-ring (bicyclic) bond motifs is 1. The summed E-state index contributed by atoms with van der Waals surface area (Å²) >= 11 is 0. The zero-order valence-electron chi connectivity index (χ0n) is 15.6. The molecule has 4 aromatic rings. The van der Waals surface area contributed by atoms with Crippen LogP contribution in [0.4, 0.5) is 5.69 Å². The Hall–Kier alpha value is -3.88. The third-order valence-corrected chi connectivity index (χ3v) is 4.26. The van der Waals surface area contributed by atoms with E-state index in [9.17, 15) is 4.79 Å². The predicted octanol–water partition coefficient (Wildman–Crippen LogP) is 2.63. The van der Waals surface area contributed by atoms with Crippen LogP contribution in [0.2, 0.25) is 0 Å². The Morgan fingerprint density at radius 1 is 1.11 bits per heavy atom. The van der Waals surface area contributed by atoms with Crippen LogP contribution in [0.25, 0.3) is 22.3 Å². The maximum atomic E-state index is 12.7. The number of carbonyl (C=O) groups excluding carboxylic acids is 1. The second kappa shape index (κ2) is 7.03. The number of amides is 1. The average Bonchev–Trinajstić information content (AvgIpc) is 3.32. The van der Waals surface area contributed by atoms with Crippen molar-refractivity contribution in [3.05, 3.63) is 48.2 Å². The molecule has 0 aliphatic heterocycles. The van der Waals surface area contributed by atoms with Gasteiger partial charge in [-0.25, -0.2) is 0 Å². The Kier molecular flexibility index (Phi) is 4.40. The van der Waals surface area contributed by atoms with Crippen LogP contribution in [0.15, 0.2) is 42.5 Å². The molecule has 0 atom stereocenters. The maximum Gasteiger partial charge on any atom is 0.272 e. The van der Waals surface area contributed by atoms with Crippen molar-refractivity contribution in [3.63, 3.8) is 0 Å². The highest BCUT2D eigenvalue weighted by atomic mass is 16.5. The van der Waals surface area contributed by atoms with Crippen molar-refractivity contribution in [2.24, 2.45) is 7.05 Å². The Bertz CT molecular complexity index is 1120. The zero-order valence-corrected chi connectivity index (χ0v) is 15.6. The van der Waals surface area contributed by atoms with Gasteiger partial charge in [0.2, 0.25) is 5.82 Å². The number of benzene rings is 2. The van der Waals surface area contributed by atoms with E-state index in [-0.39, 0.29) is 5.91 Å². The number of carbonyl (C=O) groups is 1. The summed E-state index contributed by atoms with van der Waals surface area (Å²) in [4.78, 5) is 17.2. The van der Waals surface area contributed by atoms with Crippen LogP contribution in [0, 0.1) is 0 Å². The lowest BCUT2D eigenvalue weighted by Gasteiger charge is -2.06. The number of methoxy groups -OCH3 is 2. The summed E-state index contributed by atoms with van der Waals surface area (Å²) in [5.41, 5.74) is 2.59. The van der Waals surface area contributed by atoms with E-state index in [1.807, 2.05) is 18.2 Å². The van der Waals surface area contributed by atoms with Gasteiger partial charge >= 0.3 is 0 Å². The number of nitrogens with zero attached hydrogens (tertiary/aromatic N) is 4. The molecule has 2 aromatic carbocycles. The molecular formula is C19H18N6O3. The number of aromatic amines is 1. The van der Waals surface area contributed by atoms with Gasteiger partial charge in [0.15, 0.2) is 11.5 Å². The third kappa shape index (κ3) is 3.25. The molecule has 0 aliphatic carbocycles. The molecule has 0 saturated heterocycles. The van der Waals surface area contributed by atoms with E-state index in [0.717, 1.165) is 16.5 Å². The number of H-pyrrole nitrogens is 1. The largest absolute Gasteiger partial charge is 0.493 e. The molecule has 4 rings (SSSR count). The summed E-state index contributed by atoms with van der Waals surface area (Å²) in [6.07, 6.45) is 0. The number of aryl methyl sites for hydroxylation is 1. The molecule has 9 heteroatoms. The Morgan fingerprint density at radius 2 is 1.89 bits per heavy atom. The van der Waals surface area contributed by atoms with Crippen LogP contribution in [0.1, 0.15) is 10.5 Å². The van der Waals surface area contributed by atoms with Gasteiger partial charge in [-0.15, -0.1) is 10.2 Å². The quantitative estimate of drug-likeness (QED) is 0.553. The first-order chi connectivity index (χ1) is 13.6. The molecule has 2 aromatic heterocycles. The number of ether oxygens (including phenoxy) is 2. The lowest BCUT2D eigenvalue weighted by atomic mass is 10.2. The normalized spacial score (nSPS) is 10.8. The van der Waals surface area contributed by atoms with Gasteiger partial charge in [0.05, 0.1) is 21.3 Å². The van der Waals surface area contributed by atoms with Crippen molar-refractivity contribution in [3.8, 4) is 22.9 Å². The number of aromatic nitrogens is 5. The third-order valence-electron chi connectivity index (χ3n) is 4.26. The molecule has 0 fully saturated rings. The standard InChI is InChI=1S/C19H18N6O3/c1-25-23-18(22-24-25)11-5-4-6-13(7-11)20-19(26)15-8-12-9-16(27-2)17(28-3)10-14(12)21-15/h4-10,21H,1-3H3,(H,20,26). The first-order valence-corrected chi connectivity index (χ1v) is 8.48. The smallest absolute Gasteiger partial charge is 0.272 e. The van der Waals surface area contributed by atoms with Gasteiger partial charge < -0.3 is 19.8 Å². The molecular weight excluding hydrogens is 360 g/mol. The summed E-state index contributed by atoms with van der Waals surface area (Å²) in [7, 11) is 4.84. The number of anilines is 1. The minimum atomic E-state index is -0.265. The molecule has 2 heterocycles. The molecule has 0 spiro atoms. The van der Waals surface area contributed by atoms with E-state index < -0.39 is 0 Å². The second-order valence-electron chi connectivity index (χ2n) is 6.11. The van der Waals surface area contributed by atoms with Crippen LogP contribution in [-0.2, 0) is 7.05 Å². The summed E-state index contributed by atoms with van der Waals surface area (Å²) in [6, 6.07) is 12.7. The number of hydrogen-bond acceptors (Lipinski definition) is 6. The molecule has 0 bridgehead atoms. The lowest BCUT2D eigenvalue weighted by molar-refractivity contribution is 0.102. The molecule has 28 heavy (non-hydrogen) atoms. The van der Waals surface area contributed by atoms with E-state index in [1.54, 1.807) is 45.5 Å². The minimum absolute atomic E-state index is 0.265. The van der Waals surface area contributed by atoms with Crippen molar-refractivity contribution >= 4 is 22.5 Å². The number of rotatable bonds is 5. The van der Waals surface area contributed by atoms with Crippen LogP contribution in [0.5, 0.6) is 11.5 Å². The minimum Gasteiger partial charge on any atom is -0.493 e. The number of nitrogens with one attached hydrogen (secondary N) is 2. The molecule has 0 aliphatic rings. The monoisotopic (exact) mass is 378 g/mol. The fourth-order valence-corrected chi connectivity index (χ4v) is 2.92. The van der Waals surface area contributed by atoms with Gasteiger partial charge in [0, 0.05) is 28.2 Å². The fourth-order valence-electron chi connectivity index (χ4n) is 2.92. The van der Waals surface area contributed by atoms with E-state index >= 15 is 0 Å². The van der Waals surface area contributed by atoms with Crippen LogP contribution in [-0.4, -0.2) is 45.3 Å². The highest BCUT2D eigenvalue weighted by Gasteiger charge is 2.14. The summed E-state index contributed by atoms with van der Waals surface area (Å²) in [5, 5.41) is 15.7. The highest BCUT2D eigenvalue weighted by molar-refractivity contribution is 6.06. The molecule has 1 amide bonds. The molecule has 0 radical (unpaired) electrons. The summed E-state index contributed by atoms with van der Waals surface area (Å²) in [6.45, 7) is 0. The lowest BCUT2D eigenvalue weighted by Crippen LogP contribution is -2.12. The van der Waals surface area contributed by atoms with Crippen LogP contribution >= 0.6 is 0 Å². The van der Waals surface area contributed by atoms with Gasteiger partial charge in [-0.1, -0.05) is 12.1 Å². The molecule has 2 N–H and O–H groups in total. The van der Waals surface area contributed by atoms with E-state index in [1.165, 1.54) is 4.80 Å². The highest BCUT2D eigenvalue weighted by Crippen LogP contribution is 2.32. The topological polar surface area (TPSA) is 107 Å². The Labute approximate surface area is 160 Å². The first-order valence-electron chi connectivity index (χ1n) is 8.48. The van der Waals surface area contributed by atoms with E-state index in [2.05, 4.69) is 25.7 Å². The fraction of sp³-hybridized carbons (Fsp3) is 0.158. The van der Waals surface area contributed by atoms with Crippen LogP contribution < -0.4 is 14.8 Å². The van der Waals surface area contributed by atoms with E-state index in [0.29, 0.717) is 28.7 Å². The molecule has 0 saturated carbocycles.